The predicted molar refractivity (Wildman–Crippen MR) is 110 cm³/mol. The van der Waals surface area contributed by atoms with Crippen molar-refractivity contribution in [3.8, 4) is 0 Å². The molecule has 2 aromatic heterocycles. The number of benzene rings is 1. The average molecular weight is 394 g/mol. The summed E-state index contributed by atoms with van der Waals surface area (Å²) < 4.78 is 5.53. The van der Waals surface area contributed by atoms with Crippen LogP contribution < -0.4 is 15.5 Å². The van der Waals surface area contributed by atoms with Gasteiger partial charge in [-0.05, 0) is 37.1 Å². The molecule has 29 heavy (non-hydrogen) atoms. The molecule has 1 saturated heterocycles. The number of rotatable bonds is 5. The van der Waals surface area contributed by atoms with Gasteiger partial charge in [-0.2, -0.15) is 4.98 Å². The van der Waals surface area contributed by atoms with Gasteiger partial charge < -0.3 is 30.0 Å². The molecule has 9 heteroatoms. The summed E-state index contributed by atoms with van der Waals surface area (Å²) in [6.45, 7) is 2.42. The fraction of sp³-hybridized carbons (Fsp3) is 0.350. The van der Waals surface area contributed by atoms with Gasteiger partial charge in [0.2, 0.25) is 5.95 Å². The zero-order valence-corrected chi connectivity index (χ0v) is 15.8. The van der Waals surface area contributed by atoms with E-state index in [0.717, 1.165) is 35.6 Å². The molecule has 1 aromatic carbocycles. The van der Waals surface area contributed by atoms with Gasteiger partial charge in [0.15, 0.2) is 11.4 Å². The molecule has 1 aliphatic heterocycles. The minimum absolute atomic E-state index is 0.465. The number of hydrogen-bond acceptors (Lipinski definition) is 7. The van der Waals surface area contributed by atoms with E-state index in [9.17, 15) is 4.79 Å². The highest BCUT2D eigenvalue weighted by molar-refractivity contribution is 5.85. The van der Waals surface area contributed by atoms with E-state index in [2.05, 4.69) is 25.5 Å². The van der Waals surface area contributed by atoms with Crippen molar-refractivity contribution in [3.63, 3.8) is 0 Å². The smallest absolute Gasteiger partial charge is 0.407 e. The van der Waals surface area contributed by atoms with Crippen LogP contribution in [0.4, 0.5) is 27.9 Å². The fourth-order valence-electron chi connectivity index (χ4n) is 3.48. The monoisotopic (exact) mass is 394 g/mol. The first-order valence-electron chi connectivity index (χ1n) is 9.77. The summed E-state index contributed by atoms with van der Waals surface area (Å²) in [4.78, 5) is 23.8. The van der Waals surface area contributed by atoms with Gasteiger partial charge in [-0.15, -0.1) is 0 Å². The molecule has 0 spiro atoms. The first-order chi connectivity index (χ1) is 14.2. The highest BCUT2D eigenvalue weighted by Crippen LogP contribution is 2.30. The van der Waals surface area contributed by atoms with Gasteiger partial charge in [0.25, 0.3) is 0 Å². The van der Waals surface area contributed by atoms with Crippen molar-refractivity contribution in [1.29, 1.82) is 0 Å². The van der Waals surface area contributed by atoms with E-state index in [-0.39, 0.29) is 0 Å². The molecule has 150 valence electrons. The van der Waals surface area contributed by atoms with E-state index in [1.165, 1.54) is 4.90 Å². The lowest BCUT2D eigenvalue weighted by atomic mass is 10.2. The Morgan fingerprint density at radius 2 is 1.83 bits per heavy atom. The van der Waals surface area contributed by atoms with Crippen molar-refractivity contribution >= 4 is 40.3 Å². The van der Waals surface area contributed by atoms with Gasteiger partial charge in [0.1, 0.15) is 5.52 Å². The molecule has 0 bridgehead atoms. The van der Waals surface area contributed by atoms with Crippen molar-refractivity contribution in [3.05, 3.63) is 36.6 Å². The maximum absolute atomic E-state index is 11.0. The topological polar surface area (TPSA) is 107 Å². The summed E-state index contributed by atoms with van der Waals surface area (Å²) in [7, 11) is 0. The summed E-state index contributed by atoms with van der Waals surface area (Å²) in [5.74, 6) is 1.24. The Balaban J connectivity index is 1.29. The van der Waals surface area contributed by atoms with Crippen LogP contribution in [0, 0.1) is 0 Å². The van der Waals surface area contributed by atoms with Crippen molar-refractivity contribution in [2.75, 3.05) is 41.7 Å². The maximum Gasteiger partial charge on any atom is 0.407 e. The average Bonchev–Trinajstić information content (AvgIpc) is 3.42. The maximum atomic E-state index is 11.0. The molecular formula is C20H22N6O3. The molecule has 5 rings (SSSR count). The van der Waals surface area contributed by atoms with Crippen molar-refractivity contribution in [2.45, 2.75) is 18.9 Å². The van der Waals surface area contributed by atoms with Crippen molar-refractivity contribution in [1.82, 2.24) is 14.9 Å². The number of hydrogen-bond donors (Lipinski definition) is 3. The second kappa shape index (κ2) is 7.16. The summed E-state index contributed by atoms with van der Waals surface area (Å²) in [5.41, 5.74) is 3.40. The zero-order valence-electron chi connectivity index (χ0n) is 15.8. The summed E-state index contributed by atoms with van der Waals surface area (Å²) in [6, 6.07) is 10.3. The first kappa shape index (κ1) is 17.6. The molecule has 2 aliphatic rings. The van der Waals surface area contributed by atoms with E-state index < -0.39 is 6.09 Å². The molecule has 1 aliphatic carbocycles. The Kier molecular flexibility index (Phi) is 4.34. The van der Waals surface area contributed by atoms with Crippen LogP contribution in [0.25, 0.3) is 11.1 Å². The Morgan fingerprint density at radius 1 is 1.07 bits per heavy atom. The molecule has 0 atom stereocenters. The Morgan fingerprint density at radius 3 is 2.52 bits per heavy atom. The van der Waals surface area contributed by atoms with Crippen LogP contribution in [0.15, 0.2) is 41.0 Å². The first-order valence-corrected chi connectivity index (χ1v) is 9.77. The van der Waals surface area contributed by atoms with Gasteiger partial charge in [-0.3, -0.25) is 0 Å². The van der Waals surface area contributed by atoms with Gasteiger partial charge in [-0.25, -0.2) is 9.78 Å². The lowest BCUT2D eigenvalue weighted by molar-refractivity contribution is 0.142. The number of anilines is 4. The zero-order chi connectivity index (χ0) is 19.8. The molecule has 9 nitrogen and oxygen atoms in total. The van der Waals surface area contributed by atoms with Crippen molar-refractivity contribution in [2.24, 2.45) is 0 Å². The van der Waals surface area contributed by atoms with E-state index in [4.69, 9.17) is 9.52 Å². The van der Waals surface area contributed by atoms with Crippen LogP contribution in [-0.4, -0.2) is 58.3 Å². The van der Waals surface area contributed by atoms with Crippen LogP contribution in [0.1, 0.15) is 12.8 Å². The summed E-state index contributed by atoms with van der Waals surface area (Å²) in [6.07, 6.45) is 3.07. The number of carboxylic acid groups (broad SMARTS) is 1. The van der Waals surface area contributed by atoms with Gasteiger partial charge in [-0.1, -0.05) is 0 Å². The number of piperazine rings is 1. The normalized spacial score (nSPS) is 16.8. The number of fused-ring (bicyclic) bond motifs is 1. The van der Waals surface area contributed by atoms with Gasteiger partial charge in [0, 0.05) is 49.7 Å². The summed E-state index contributed by atoms with van der Waals surface area (Å²) >= 11 is 0. The highest BCUT2D eigenvalue weighted by atomic mass is 16.4. The largest absolute Gasteiger partial charge is 0.465 e. The third-order valence-corrected chi connectivity index (χ3v) is 5.26. The molecule has 0 unspecified atom stereocenters. The molecule has 0 radical (unpaired) electrons. The van der Waals surface area contributed by atoms with Crippen LogP contribution in [-0.2, 0) is 0 Å². The number of furan rings is 1. The fourth-order valence-corrected chi connectivity index (χ4v) is 3.48. The molecule has 3 heterocycles. The van der Waals surface area contributed by atoms with Crippen molar-refractivity contribution < 1.29 is 14.3 Å². The molecule has 2 fully saturated rings. The van der Waals surface area contributed by atoms with E-state index in [0.29, 0.717) is 43.8 Å². The number of amides is 1. The third-order valence-electron chi connectivity index (χ3n) is 5.26. The molecule has 3 aromatic rings. The van der Waals surface area contributed by atoms with Crippen LogP contribution in [0.2, 0.25) is 0 Å². The third kappa shape index (κ3) is 3.75. The van der Waals surface area contributed by atoms with Crippen LogP contribution >= 0.6 is 0 Å². The molecule has 3 N–H and O–H groups in total. The number of aromatic nitrogens is 2. The Labute approximate surface area is 167 Å². The number of nitrogens with zero attached hydrogens (tertiary/aromatic N) is 4. The van der Waals surface area contributed by atoms with Gasteiger partial charge in [0.05, 0.1) is 6.26 Å². The van der Waals surface area contributed by atoms with E-state index >= 15 is 0 Å². The Bertz CT molecular complexity index is 1020. The molecular weight excluding hydrogens is 372 g/mol. The number of nitrogens with one attached hydrogen (secondary N) is 2. The van der Waals surface area contributed by atoms with Gasteiger partial charge >= 0.3 is 6.09 Å². The Hall–Kier alpha value is -3.49. The predicted octanol–water partition coefficient (Wildman–Crippen LogP) is 3.34. The minimum Gasteiger partial charge on any atom is -0.465 e. The van der Waals surface area contributed by atoms with E-state index in [1.54, 1.807) is 6.26 Å². The quantitative estimate of drug-likeness (QED) is 0.605. The lowest BCUT2D eigenvalue weighted by Gasteiger charge is -2.34. The SMILES string of the molecule is O=C(O)N1CCN(c2ccc(Nc3nc(NC4CC4)c4occc4n3)cc2)CC1. The van der Waals surface area contributed by atoms with Crippen LogP contribution in [0.5, 0.6) is 0 Å². The van der Waals surface area contributed by atoms with Crippen LogP contribution in [0.3, 0.4) is 0 Å². The second-order valence-electron chi connectivity index (χ2n) is 7.38. The van der Waals surface area contributed by atoms with E-state index in [1.807, 2.05) is 30.3 Å². The minimum atomic E-state index is -0.852. The highest BCUT2D eigenvalue weighted by Gasteiger charge is 2.24. The lowest BCUT2D eigenvalue weighted by Crippen LogP contribution is -2.48. The second-order valence-corrected chi connectivity index (χ2v) is 7.38. The molecule has 1 amide bonds. The summed E-state index contributed by atoms with van der Waals surface area (Å²) in [5, 5.41) is 15.7. The molecule has 1 saturated carbocycles. The number of carbonyl (C=O) groups is 1. The standard InChI is InChI=1S/C20H22N6O3/c27-20(28)26-10-8-25(9-11-26)15-5-3-14(4-6-15)22-19-23-16-7-12-29-17(16)18(24-19)21-13-1-2-13/h3-7,12-13H,1-2,8-11H2,(H,27,28)(H2,21,22,23,24).